The van der Waals surface area contributed by atoms with Gasteiger partial charge in [-0.05, 0) is 24.6 Å². The van der Waals surface area contributed by atoms with Crippen LogP contribution in [0, 0.1) is 6.92 Å². The number of likely N-dealkylation sites (tertiary alicyclic amines) is 1. The molecule has 152 valence electrons. The Labute approximate surface area is 170 Å². The zero-order chi connectivity index (χ0) is 20.5. The Kier molecular flexibility index (Phi) is 7.22. The topological polar surface area (TPSA) is 83.0 Å². The van der Waals surface area contributed by atoms with E-state index in [1.54, 1.807) is 4.90 Å². The standard InChI is InChI=1S/C22H26N4O3/c1-17-7-9-18(10-8-17)15-23-21(27)16-29-25-20-11-13-26(14-12-20)22(28)24-19-5-3-2-4-6-19/h2-10H,11-16H2,1H3,(H,23,27)(H,24,28). The van der Waals surface area contributed by atoms with Gasteiger partial charge in [0.2, 0.25) is 0 Å². The zero-order valence-corrected chi connectivity index (χ0v) is 16.6. The lowest BCUT2D eigenvalue weighted by Crippen LogP contribution is -2.41. The van der Waals surface area contributed by atoms with Crippen LogP contribution in [0.1, 0.15) is 24.0 Å². The first-order valence-electron chi connectivity index (χ1n) is 9.71. The van der Waals surface area contributed by atoms with E-state index in [4.69, 9.17) is 4.84 Å². The third-order valence-electron chi connectivity index (χ3n) is 4.65. The first-order valence-corrected chi connectivity index (χ1v) is 9.71. The zero-order valence-electron chi connectivity index (χ0n) is 16.6. The summed E-state index contributed by atoms with van der Waals surface area (Å²) in [5, 5.41) is 9.75. The van der Waals surface area contributed by atoms with Gasteiger partial charge in [-0.15, -0.1) is 0 Å². The maximum Gasteiger partial charge on any atom is 0.321 e. The number of hydrogen-bond acceptors (Lipinski definition) is 4. The van der Waals surface area contributed by atoms with Crippen molar-refractivity contribution in [2.45, 2.75) is 26.3 Å². The van der Waals surface area contributed by atoms with E-state index in [1.807, 2.05) is 61.5 Å². The molecule has 3 amide bonds. The van der Waals surface area contributed by atoms with E-state index in [0.29, 0.717) is 32.5 Å². The number of carbonyl (C=O) groups excluding carboxylic acids is 2. The summed E-state index contributed by atoms with van der Waals surface area (Å²) in [5.74, 6) is -0.213. The molecule has 2 aromatic rings. The molecule has 0 aliphatic carbocycles. The molecule has 0 unspecified atom stereocenters. The molecule has 3 rings (SSSR count). The van der Waals surface area contributed by atoms with Gasteiger partial charge in [-0.1, -0.05) is 53.2 Å². The van der Waals surface area contributed by atoms with Crippen LogP contribution in [0.4, 0.5) is 10.5 Å². The number of rotatable bonds is 6. The summed E-state index contributed by atoms with van der Waals surface area (Å²) in [6, 6.07) is 17.2. The normalized spacial score (nSPS) is 13.6. The van der Waals surface area contributed by atoms with Crippen molar-refractivity contribution in [3.8, 4) is 0 Å². The summed E-state index contributed by atoms with van der Waals surface area (Å²) in [4.78, 5) is 31.1. The summed E-state index contributed by atoms with van der Waals surface area (Å²) in [6.45, 7) is 3.51. The van der Waals surface area contributed by atoms with Crippen LogP contribution in [0.2, 0.25) is 0 Å². The number of amides is 3. The summed E-state index contributed by atoms with van der Waals surface area (Å²) in [6.07, 6.45) is 1.26. The predicted molar refractivity (Wildman–Crippen MR) is 113 cm³/mol. The van der Waals surface area contributed by atoms with Crippen LogP contribution in [0.5, 0.6) is 0 Å². The van der Waals surface area contributed by atoms with Gasteiger partial charge in [0.1, 0.15) is 0 Å². The predicted octanol–water partition coefficient (Wildman–Crippen LogP) is 3.31. The number of piperidine rings is 1. The second kappa shape index (κ2) is 10.3. The van der Waals surface area contributed by atoms with Gasteiger partial charge in [0, 0.05) is 38.2 Å². The SMILES string of the molecule is Cc1ccc(CNC(=O)CON=C2CCN(C(=O)Nc3ccccc3)CC2)cc1. The third kappa shape index (κ3) is 6.64. The lowest BCUT2D eigenvalue weighted by Gasteiger charge is -2.27. The Hall–Kier alpha value is -3.35. The van der Waals surface area contributed by atoms with E-state index in [-0.39, 0.29) is 18.5 Å². The second-order valence-electron chi connectivity index (χ2n) is 6.98. The minimum atomic E-state index is -0.213. The Morgan fingerprint density at radius 1 is 1.03 bits per heavy atom. The fourth-order valence-electron chi connectivity index (χ4n) is 2.92. The maximum absolute atomic E-state index is 12.3. The molecule has 2 N–H and O–H groups in total. The van der Waals surface area contributed by atoms with Gasteiger partial charge in [0.15, 0.2) is 6.61 Å². The Bertz CT molecular complexity index is 840. The number of nitrogens with zero attached hydrogens (tertiary/aromatic N) is 2. The number of anilines is 1. The largest absolute Gasteiger partial charge is 0.386 e. The molecule has 1 aliphatic rings. The molecule has 1 aliphatic heterocycles. The molecule has 1 saturated heterocycles. The number of hydrogen-bond donors (Lipinski definition) is 2. The first kappa shape index (κ1) is 20.4. The van der Waals surface area contributed by atoms with E-state index < -0.39 is 0 Å². The highest BCUT2D eigenvalue weighted by Gasteiger charge is 2.20. The molecule has 0 radical (unpaired) electrons. The van der Waals surface area contributed by atoms with E-state index in [1.165, 1.54) is 5.56 Å². The minimum absolute atomic E-state index is 0.117. The van der Waals surface area contributed by atoms with Crippen LogP contribution in [-0.2, 0) is 16.2 Å². The van der Waals surface area contributed by atoms with Gasteiger partial charge in [-0.25, -0.2) is 4.79 Å². The summed E-state index contributed by atoms with van der Waals surface area (Å²) in [7, 11) is 0. The molecule has 1 heterocycles. The highest BCUT2D eigenvalue weighted by Crippen LogP contribution is 2.12. The van der Waals surface area contributed by atoms with Crippen molar-refractivity contribution >= 4 is 23.3 Å². The summed E-state index contributed by atoms with van der Waals surface area (Å²) < 4.78 is 0. The summed E-state index contributed by atoms with van der Waals surface area (Å²) in [5.41, 5.74) is 3.86. The smallest absolute Gasteiger partial charge is 0.321 e. The fourth-order valence-corrected chi connectivity index (χ4v) is 2.92. The maximum atomic E-state index is 12.3. The van der Waals surface area contributed by atoms with Crippen LogP contribution < -0.4 is 10.6 Å². The number of para-hydroxylation sites is 1. The molecular weight excluding hydrogens is 368 g/mol. The van der Waals surface area contributed by atoms with Crippen LogP contribution in [0.3, 0.4) is 0 Å². The molecule has 2 aromatic carbocycles. The van der Waals surface area contributed by atoms with Crippen molar-refractivity contribution in [3.63, 3.8) is 0 Å². The van der Waals surface area contributed by atoms with E-state index in [9.17, 15) is 9.59 Å². The molecule has 0 atom stereocenters. The van der Waals surface area contributed by atoms with Crippen LogP contribution in [0.15, 0.2) is 59.8 Å². The molecule has 0 aromatic heterocycles. The Morgan fingerprint density at radius 3 is 2.41 bits per heavy atom. The first-order chi connectivity index (χ1) is 14.1. The lowest BCUT2D eigenvalue weighted by molar-refractivity contribution is -0.125. The van der Waals surface area contributed by atoms with Crippen LogP contribution in [-0.4, -0.2) is 42.2 Å². The van der Waals surface area contributed by atoms with Crippen molar-refractivity contribution in [2.75, 3.05) is 25.0 Å². The van der Waals surface area contributed by atoms with E-state index >= 15 is 0 Å². The Balaban J connectivity index is 1.34. The molecular formula is C22H26N4O3. The monoisotopic (exact) mass is 394 g/mol. The fraction of sp³-hybridized carbons (Fsp3) is 0.318. The lowest BCUT2D eigenvalue weighted by atomic mass is 10.1. The highest BCUT2D eigenvalue weighted by molar-refractivity contribution is 5.92. The van der Waals surface area contributed by atoms with Crippen molar-refractivity contribution < 1.29 is 14.4 Å². The van der Waals surface area contributed by atoms with Crippen molar-refractivity contribution in [1.29, 1.82) is 0 Å². The number of aryl methyl sites for hydroxylation is 1. The Morgan fingerprint density at radius 2 is 1.72 bits per heavy atom. The van der Waals surface area contributed by atoms with Crippen molar-refractivity contribution in [2.24, 2.45) is 5.16 Å². The van der Waals surface area contributed by atoms with Gasteiger partial charge < -0.3 is 20.4 Å². The van der Waals surface area contributed by atoms with Gasteiger partial charge in [0.25, 0.3) is 5.91 Å². The third-order valence-corrected chi connectivity index (χ3v) is 4.65. The quantitative estimate of drug-likeness (QED) is 0.738. The molecule has 0 spiro atoms. The van der Waals surface area contributed by atoms with Gasteiger partial charge in [-0.3, -0.25) is 4.79 Å². The molecule has 0 bridgehead atoms. The highest BCUT2D eigenvalue weighted by atomic mass is 16.6. The number of benzene rings is 2. The number of carbonyl (C=O) groups is 2. The van der Waals surface area contributed by atoms with Crippen molar-refractivity contribution in [1.82, 2.24) is 10.2 Å². The van der Waals surface area contributed by atoms with Crippen LogP contribution >= 0.6 is 0 Å². The van der Waals surface area contributed by atoms with Gasteiger partial charge >= 0.3 is 6.03 Å². The van der Waals surface area contributed by atoms with Gasteiger partial charge in [0.05, 0.1) is 5.71 Å². The summed E-state index contributed by atoms with van der Waals surface area (Å²) >= 11 is 0. The van der Waals surface area contributed by atoms with Crippen LogP contribution in [0.25, 0.3) is 0 Å². The molecule has 29 heavy (non-hydrogen) atoms. The average Bonchev–Trinajstić information content (AvgIpc) is 2.74. The molecule has 7 heteroatoms. The average molecular weight is 394 g/mol. The van der Waals surface area contributed by atoms with Gasteiger partial charge in [-0.2, -0.15) is 0 Å². The van der Waals surface area contributed by atoms with E-state index in [2.05, 4.69) is 15.8 Å². The second-order valence-corrected chi connectivity index (χ2v) is 6.98. The molecule has 1 fully saturated rings. The van der Waals surface area contributed by atoms with Crippen molar-refractivity contribution in [3.05, 3.63) is 65.7 Å². The number of oxime groups is 1. The molecule has 7 nitrogen and oxygen atoms in total. The minimum Gasteiger partial charge on any atom is -0.386 e. The number of urea groups is 1. The number of nitrogens with one attached hydrogen (secondary N) is 2. The molecule has 0 saturated carbocycles. The van der Waals surface area contributed by atoms with E-state index in [0.717, 1.165) is 17.0 Å².